The fraction of sp³-hybridized carbons (Fsp3) is 0.462. The average Bonchev–Trinajstić information content (AvgIpc) is 2.29. The number of benzene rings is 1. The summed E-state index contributed by atoms with van der Waals surface area (Å²) in [6.07, 6.45) is -1.05. The van der Waals surface area contributed by atoms with Crippen molar-refractivity contribution < 1.29 is 19.7 Å². The Hall–Kier alpha value is -1.55. The Morgan fingerprint density at radius 1 is 1.35 bits per heavy atom. The van der Waals surface area contributed by atoms with E-state index in [1.54, 1.807) is 24.3 Å². The second kappa shape index (κ2) is 5.19. The molecule has 94 valence electrons. The summed E-state index contributed by atoms with van der Waals surface area (Å²) in [6.45, 7) is 5.45. The van der Waals surface area contributed by atoms with Gasteiger partial charge in [-0.05, 0) is 38.5 Å². The van der Waals surface area contributed by atoms with E-state index >= 15 is 0 Å². The third-order valence-electron chi connectivity index (χ3n) is 2.74. The minimum atomic E-state index is -1.22. The van der Waals surface area contributed by atoms with Gasteiger partial charge in [0, 0.05) is 0 Å². The predicted molar refractivity (Wildman–Crippen MR) is 64.0 cm³/mol. The molecule has 0 saturated carbocycles. The van der Waals surface area contributed by atoms with Crippen molar-refractivity contribution in [1.29, 1.82) is 0 Å². The van der Waals surface area contributed by atoms with Gasteiger partial charge in [-0.3, -0.25) is 4.79 Å². The largest absolute Gasteiger partial charge is 0.494 e. The van der Waals surface area contributed by atoms with Crippen molar-refractivity contribution in [2.75, 3.05) is 6.61 Å². The van der Waals surface area contributed by atoms with E-state index in [4.69, 9.17) is 9.84 Å². The highest BCUT2D eigenvalue weighted by Crippen LogP contribution is 2.34. The molecule has 1 unspecified atom stereocenters. The first-order chi connectivity index (χ1) is 7.89. The quantitative estimate of drug-likeness (QED) is 0.825. The first-order valence-corrected chi connectivity index (χ1v) is 5.53. The van der Waals surface area contributed by atoms with Crippen LogP contribution in [0.25, 0.3) is 0 Å². The number of aliphatic hydroxyl groups is 1. The zero-order valence-corrected chi connectivity index (χ0v) is 10.3. The average molecular weight is 238 g/mol. The van der Waals surface area contributed by atoms with E-state index < -0.39 is 17.5 Å². The van der Waals surface area contributed by atoms with Crippen LogP contribution < -0.4 is 4.74 Å². The van der Waals surface area contributed by atoms with Crippen molar-refractivity contribution in [1.82, 2.24) is 0 Å². The van der Waals surface area contributed by atoms with Crippen LogP contribution in [0, 0.1) is 5.41 Å². The molecule has 1 aromatic carbocycles. The zero-order valence-electron chi connectivity index (χ0n) is 10.3. The van der Waals surface area contributed by atoms with Crippen LogP contribution in [0.15, 0.2) is 24.3 Å². The highest BCUT2D eigenvalue weighted by molar-refractivity contribution is 5.74. The Bertz CT molecular complexity index is 381. The van der Waals surface area contributed by atoms with Crippen LogP contribution in [0.5, 0.6) is 5.75 Å². The number of aliphatic hydroxyl groups excluding tert-OH is 1. The highest BCUT2D eigenvalue weighted by Gasteiger charge is 2.36. The monoisotopic (exact) mass is 238 g/mol. The van der Waals surface area contributed by atoms with Crippen LogP contribution in [0.4, 0.5) is 0 Å². The zero-order chi connectivity index (χ0) is 13.1. The standard InChI is InChI=1S/C13H18O4/c1-4-17-10-7-5-9(6-8-10)11(14)13(2,3)12(15)16/h5-8,11,14H,4H2,1-3H3,(H,15,16). The Kier molecular flexibility index (Phi) is 4.12. The molecule has 4 heteroatoms. The maximum Gasteiger partial charge on any atom is 0.312 e. The Labute approximate surface area is 101 Å². The van der Waals surface area contributed by atoms with Gasteiger partial charge < -0.3 is 14.9 Å². The molecule has 1 atom stereocenters. The number of hydrogen-bond donors (Lipinski definition) is 2. The second-order valence-electron chi connectivity index (χ2n) is 4.43. The van der Waals surface area contributed by atoms with Gasteiger partial charge in [-0.25, -0.2) is 0 Å². The van der Waals surface area contributed by atoms with E-state index in [1.165, 1.54) is 13.8 Å². The Balaban J connectivity index is 2.90. The molecule has 2 N–H and O–H groups in total. The number of rotatable bonds is 5. The lowest BCUT2D eigenvalue weighted by molar-refractivity contribution is -0.153. The fourth-order valence-corrected chi connectivity index (χ4v) is 1.45. The SMILES string of the molecule is CCOc1ccc(C(O)C(C)(C)C(=O)O)cc1. The van der Waals surface area contributed by atoms with Crippen LogP contribution in [-0.4, -0.2) is 22.8 Å². The van der Waals surface area contributed by atoms with Crippen LogP contribution in [0.1, 0.15) is 32.4 Å². The molecule has 0 aliphatic carbocycles. The number of carboxylic acid groups (broad SMARTS) is 1. The summed E-state index contributed by atoms with van der Waals surface area (Å²) in [7, 11) is 0. The molecule has 0 aliphatic rings. The number of carboxylic acids is 1. The van der Waals surface area contributed by atoms with Gasteiger partial charge in [0.05, 0.1) is 18.1 Å². The molecular formula is C13H18O4. The van der Waals surface area contributed by atoms with E-state index in [1.807, 2.05) is 6.92 Å². The highest BCUT2D eigenvalue weighted by atomic mass is 16.5. The smallest absolute Gasteiger partial charge is 0.312 e. The summed E-state index contributed by atoms with van der Waals surface area (Å²) in [6, 6.07) is 6.81. The van der Waals surface area contributed by atoms with Gasteiger partial charge in [-0.2, -0.15) is 0 Å². The summed E-state index contributed by atoms with van der Waals surface area (Å²) < 4.78 is 5.28. The van der Waals surface area contributed by atoms with Crippen molar-refractivity contribution in [2.24, 2.45) is 5.41 Å². The molecule has 0 aromatic heterocycles. The van der Waals surface area contributed by atoms with Crippen LogP contribution in [0.2, 0.25) is 0 Å². The number of ether oxygens (including phenoxy) is 1. The molecule has 0 saturated heterocycles. The molecule has 0 radical (unpaired) electrons. The van der Waals surface area contributed by atoms with Crippen LogP contribution >= 0.6 is 0 Å². The normalized spacial score (nSPS) is 13.2. The van der Waals surface area contributed by atoms with Gasteiger partial charge in [0.1, 0.15) is 5.75 Å². The van der Waals surface area contributed by atoms with Gasteiger partial charge >= 0.3 is 5.97 Å². The van der Waals surface area contributed by atoms with Crippen LogP contribution in [0.3, 0.4) is 0 Å². The van der Waals surface area contributed by atoms with E-state index in [9.17, 15) is 9.90 Å². The van der Waals surface area contributed by atoms with Gasteiger partial charge in [0.2, 0.25) is 0 Å². The minimum absolute atomic E-state index is 0.570. The summed E-state index contributed by atoms with van der Waals surface area (Å²) >= 11 is 0. The van der Waals surface area contributed by atoms with Crippen molar-refractivity contribution >= 4 is 5.97 Å². The number of carbonyl (C=O) groups is 1. The molecule has 0 fully saturated rings. The summed E-state index contributed by atoms with van der Waals surface area (Å²) in [5.41, 5.74) is -0.645. The second-order valence-corrected chi connectivity index (χ2v) is 4.43. The minimum Gasteiger partial charge on any atom is -0.494 e. The van der Waals surface area contributed by atoms with E-state index in [0.717, 1.165) is 0 Å². The predicted octanol–water partition coefficient (Wildman–Crippen LogP) is 2.23. The molecule has 17 heavy (non-hydrogen) atoms. The molecule has 4 nitrogen and oxygen atoms in total. The Morgan fingerprint density at radius 3 is 2.29 bits per heavy atom. The number of aliphatic carboxylic acids is 1. The van der Waals surface area contributed by atoms with Crippen molar-refractivity contribution in [3.8, 4) is 5.75 Å². The van der Waals surface area contributed by atoms with E-state index in [0.29, 0.717) is 17.9 Å². The molecular weight excluding hydrogens is 220 g/mol. The third-order valence-corrected chi connectivity index (χ3v) is 2.74. The molecule has 1 rings (SSSR count). The molecule has 0 spiro atoms. The van der Waals surface area contributed by atoms with Crippen molar-refractivity contribution in [3.63, 3.8) is 0 Å². The summed E-state index contributed by atoms with van der Waals surface area (Å²) in [4.78, 5) is 11.0. The van der Waals surface area contributed by atoms with Crippen molar-refractivity contribution in [3.05, 3.63) is 29.8 Å². The van der Waals surface area contributed by atoms with Gasteiger partial charge in [0.15, 0.2) is 0 Å². The Morgan fingerprint density at radius 2 is 1.88 bits per heavy atom. The maximum absolute atomic E-state index is 11.0. The molecule has 0 aliphatic heterocycles. The topological polar surface area (TPSA) is 66.8 Å². The first-order valence-electron chi connectivity index (χ1n) is 5.53. The number of hydrogen-bond acceptors (Lipinski definition) is 3. The molecule has 0 bridgehead atoms. The molecule has 1 aromatic rings. The fourth-order valence-electron chi connectivity index (χ4n) is 1.45. The maximum atomic E-state index is 11.0. The van der Waals surface area contributed by atoms with E-state index in [2.05, 4.69) is 0 Å². The van der Waals surface area contributed by atoms with Gasteiger partial charge in [0.25, 0.3) is 0 Å². The summed E-state index contributed by atoms with van der Waals surface area (Å²) in [5, 5.41) is 19.0. The van der Waals surface area contributed by atoms with Crippen LogP contribution in [-0.2, 0) is 4.79 Å². The molecule has 0 heterocycles. The van der Waals surface area contributed by atoms with E-state index in [-0.39, 0.29) is 0 Å². The van der Waals surface area contributed by atoms with Crippen molar-refractivity contribution in [2.45, 2.75) is 26.9 Å². The lowest BCUT2D eigenvalue weighted by Gasteiger charge is -2.26. The first kappa shape index (κ1) is 13.5. The lowest BCUT2D eigenvalue weighted by Crippen LogP contribution is -2.31. The molecule has 0 amide bonds. The lowest BCUT2D eigenvalue weighted by atomic mass is 9.83. The summed E-state index contributed by atoms with van der Waals surface area (Å²) in [5.74, 6) is -0.324. The van der Waals surface area contributed by atoms with Gasteiger partial charge in [-0.1, -0.05) is 12.1 Å². The van der Waals surface area contributed by atoms with Gasteiger partial charge in [-0.15, -0.1) is 0 Å². The third kappa shape index (κ3) is 2.97.